The zero-order chi connectivity index (χ0) is 25.0. The van der Waals surface area contributed by atoms with Gasteiger partial charge in [0.15, 0.2) is 11.5 Å². The van der Waals surface area contributed by atoms with Crippen molar-refractivity contribution in [3.05, 3.63) is 41.3 Å². The second-order valence-corrected chi connectivity index (χ2v) is 7.93. The minimum absolute atomic E-state index is 0.0129. The van der Waals surface area contributed by atoms with Crippen LogP contribution in [-0.2, 0) is 0 Å². The number of ether oxygens (including phenoxy) is 1. The Morgan fingerprint density at radius 1 is 1.29 bits per heavy atom. The van der Waals surface area contributed by atoms with Crippen LogP contribution < -0.4 is 20.7 Å². The predicted molar refractivity (Wildman–Crippen MR) is 127 cm³/mol. The number of carbonyl (C=O) groups is 1. The maximum Gasteiger partial charge on any atom is 0.259 e. The Bertz CT molecular complexity index is 1350. The number of nitrogens with one attached hydrogen (secondary N) is 1. The van der Waals surface area contributed by atoms with Gasteiger partial charge in [0.2, 0.25) is 0 Å². The summed E-state index contributed by atoms with van der Waals surface area (Å²) in [6.45, 7) is 1.65. The Balaban J connectivity index is 2.15. The van der Waals surface area contributed by atoms with Gasteiger partial charge in [-0.25, -0.2) is 13.9 Å². The molecule has 1 aliphatic rings. The van der Waals surface area contributed by atoms with Crippen molar-refractivity contribution in [1.29, 1.82) is 5.26 Å². The first-order valence-corrected chi connectivity index (χ1v) is 9.93. The zero-order valence-electron chi connectivity index (χ0n) is 18.0. The number of rotatable bonds is 2. The summed E-state index contributed by atoms with van der Waals surface area (Å²) in [7, 11) is 30.3. The summed E-state index contributed by atoms with van der Waals surface area (Å²) in [6.07, 6.45) is 0.738. The first-order chi connectivity index (χ1) is 15.9. The third-order valence-electron chi connectivity index (χ3n) is 5.32. The van der Waals surface area contributed by atoms with E-state index in [2.05, 4.69) is 15.4 Å². The van der Waals surface area contributed by atoms with Gasteiger partial charge in [-0.05, 0) is 30.5 Å². The number of fused-ring (bicyclic) bond motifs is 2. The van der Waals surface area contributed by atoms with Crippen LogP contribution in [-0.4, -0.2) is 77.7 Å². The van der Waals surface area contributed by atoms with Gasteiger partial charge in [-0.15, -0.1) is 10.2 Å². The summed E-state index contributed by atoms with van der Waals surface area (Å²) in [5, 5.41) is 11.9. The fourth-order valence-corrected chi connectivity index (χ4v) is 3.52. The van der Waals surface area contributed by atoms with Gasteiger partial charge in [0.25, 0.3) is 5.91 Å². The second-order valence-electron chi connectivity index (χ2n) is 7.93. The van der Waals surface area contributed by atoms with Gasteiger partial charge < -0.3 is 20.7 Å². The molecule has 0 spiro atoms. The Morgan fingerprint density at radius 3 is 2.65 bits per heavy atom. The van der Waals surface area contributed by atoms with Gasteiger partial charge in [-0.1, -0.05) is 0 Å². The van der Waals surface area contributed by atoms with Crippen molar-refractivity contribution in [2.45, 2.75) is 23.5 Å². The van der Waals surface area contributed by atoms with Crippen LogP contribution in [0.5, 0.6) is 5.75 Å². The molecule has 2 bridgehead atoms. The molecule has 3 heterocycles. The lowest BCUT2D eigenvalue weighted by Crippen LogP contribution is -2.58. The van der Waals surface area contributed by atoms with Crippen molar-refractivity contribution < 1.29 is 13.9 Å². The summed E-state index contributed by atoms with van der Waals surface area (Å²) in [6, 6.07) is 5.45. The quantitative estimate of drug-likeness (QED) is 0.513. The lowest BCUT2D eigenvalue weighted by Gasteiger charge is -2.51. The molecule has 1 aliphatic heterocycles. The van der Waals surface area contributed by atoms with E-state index in [0.717, 1.165) is 11.0 Å². The minimum Gasteiger partial charge on any atom is -0.487 e. The third kappa shape index (κ3) is 3.67. The molecule has 15 heteroatoms. The van der Waals surface area contributed by atoms with E-state index >= 15 is 0 Å². The summed E-state index contributed by atoms with van der Waals surface area (Å²) < 4.78 is 22.0. The number of nitrogens with zero attached hydrogens (tertiary/aromatic N) is 5. The number of anilines is 3. The summed E-state index contributed by atoms with van der Waals surface area (Å²) in [5.41, 5.74) is 5.24. The number of aromatic nitrogens is 3. The van der Waals surface area contributed by atoms with E-state index in [1.807, 2.05) is 0 Å². The number of halogens is 1. The van der Waals surface area contributed by atoms with Crippen LogP contribution in [0.25, 0.3) is 5.65 Å². The average Bonchev–Trinajstić information content (AvgIpc) is 3.07. The van der Waals surface area contributed by atoms with E-state index < -0.39 is 33.8 Å². The third-order valence-corrected chi connectivity index (χ3v) is 5.32. The molecule has 9 nitrogen and oxygen atoms in total. The molecule has 0 saturated carbocycles. The number of carbonyl (C=O) groups excluding carboxylic acids is 1. The standard InChI is InChI=1S/C19H13B5FN7O2/c1-8-7-28-17(33)13-15(27)30-31-5-4-12(29-16(13)31)32(19(23,24)18(20,21)22)14-9(6-26)10(25)2-3-11(14)34-8/h2-5,8H,7H2,1H3,(H2,27,30)(H,28,33)/t8-/m0/s1. The molecule has 3 aromatic rings. The summed E-state index contributed by atoms with van der Waals surface area (Å²) in [4.78, 5) is 18.3. The van der Waals surface area contributed by atoms with Crippen LogP contribution in [0, 0.1) is 17.1 Å². The molecule has 34 heavy (non-hydrogen) atoms. The molecule has 1 aromatic carbocycles. The van der Waals surface area contributed by atoms with Crippen LogP contribution in [0.2, 0.25) is 5.11 Å². The van der Waals surface area contributed by atoms with Gasteiger partial charge in [-0.2, -0.15) is 5.26 Å². The predicted octanol–water partition coefficient (Wildman–Crippen LogP) is -0.459. The van der Waals surface area contributed by atoms with Gasteiger partial charge in [-0.3, -0.25) is 4.79 Å². The van der Waals surface area contributed by atoms with E-state index in [9.17, 15) is 14.4 Å². The first kappa shape index (κ1) is 23.6. The van der Waals surface area contributed by atoms with Crippen molar-refractivity contribution in [1.82, 2.24) is 19.9 Å². The van der Waals surface area contributed by atoms with Crippen LogP contribution in [0.15, 0.2) is 24.4 Å². The molecular formula is C19H13B5FN7O2. The van der Waals surface area contributed by atoms with Gasteiger partial charge in [0.1, 0.15) is 46.4 Å². The van der Waals surface area contributed by atoms with Crippen molar-refractivity contribution in [3.8, 4) is 11.8 Å². The number of hydrogen-bond donors (Lipinski definition) is 2. The van der Waals surface area contributed by atoms with Crippen molar-refractivity contribution in [3.63, 3.8) is 0 Å². The lowest BCUT2D eigenvalue weighted by atomic mass is 9.26. The molecule has 0 fully saturated rings. The van der Waals surface area contributed by atoms with Crippen LogP contribution in [0.1, 0.15) is 22.8 Å². The summed E-state index contributed by atoms with van der Waals surface area (Å²) >= 11 is 0. The first-order valence-electron chi connectivity index (χ1n) is 9.93. The van der Waals surface area contributed by atoms with Crippen molar-refractivity contribution >= 4 is 68.1 Å². The molecule has 1 atom stereocenters. The topological polar surface area (TPSA) is 122 Å². The highest BCUT2D eigenvalue weighted by Crippen LogP contribution is 2.45. The van der Waals surface area contributed by atoms with Gasteiger partial charge >= 0.3 is 0 Å². The number of benzene rings is 1. The molecule has 3 N–H and O–H groups in total. The van der Waals surface area contributed by atoms with E-state index in [1.54, 1.807) is 13.0 Å². The Morgan fingerprint density at radius 2 is 2.00 bits per heavy atom. The second kappa shape index (κ2) is 8.04. The van der Waals surface area contributed by atoms with E-state index in [-0.39, 0.29) is 40.8 Å². The molecule has 0 saturated heterocycles. The van der Waals surface area contributed by atoms with E-state index in [4.69, 9.17) is 49.7 Å². The summed E-state index contributed by atoms with van der Waals surface area (Å²) in [5.74, 6) is -1.67. The molecule has 0 unspecified atom stereocenters. The van der Waals surface area contributed by atoms with Crippen molar-refractivity contribution in [2.75, 3.05) is 17.2 Å². The highest BCUT2D eigenvalue weighted by molar-refractivity contribution is 6.68. The van der Waals surface area contributed by atoms with E-state index in [0.29, 0.717) is 0 Å². The monoisotopic (exact) mass is 445 g/mol. The molecule has 4 rings (SSSR count). The van der Waals surface area contributed by atoms with Crippen molar-refractivity contribution in [2.24, 2.45) is 0 Å². The van der Waals surface area contributed by atoms with Crippen LogP contribution in [0.3, 0.4) is 0 Å². The fourth-order valence-electron chi connectivity index (χ4n) is 3.52. The highest BCUT2D eigenvalue weighted by atomic mass is 19.1. The molecule has 1 amide bonds. The Kier molecular flexibility index (Phi) is 5.58. The highest BCUT2D eigenvalue weighted by Gasteiger charge is 2.41. The zero-order valence-corrected chi connectivity index (χ0v) is 18.0. The van der Waals surface area contributed by atoms with Crippen LogP contribution >= 0.6 is 0 Å². The molecule has 10 radical (unpaired) electrons. The number of amides is 1. The maximum absolute atomic E-state index is 14.8. The largest absolute Gasteiger partial charge is 0.487 e. The number of nitrogen functional groups attached to an aromatic ring is 1. The Hall–Kier alpha value is -3.55. The van der Waals surface area contributed by atoms with Crippen LogP contribution in [0.4, 0.5) is 21.7 Å². The average molecular weight is 444 g/mol. The number of hydrogen-bond acceptors (Lipinski definition) is 7. The Labute approximate surface area is 201 Å². The molecular weight excluding hydrogens is 431 g/mol. The SMILES string of the molecule is [B]C([B])([B])C([B])([B])N1c2ccn3nc(N)c(c3n2)C(=O)NC[C@H](C)Oc2ccc(F)c(C#N)c21. The van der Waals surface area contributed by atoms with Gasteiger partial charge in [0, 0.05) is 6.20 Å². The molecule has 0 aliphatic carbocycles. The van der Waals surface area contributed by atoms with E-state index in [1.165, 1.54) is 22.8 Å². The number of nitrogens with two attached hydrogens (primary N) is 1. The number of nitriles is 1. The minimum atomic E-state index is -2.36. The normalized spacial score (nSPS) is 16.7. The molecule has 2 aromatic heterocycles. The van der Waals surface area contributed by atoms with Gasteiger partial charge in [0.05, 0.1) is 45.8 Å². The lowest BCUT2D eigenvalue weighted by molar-refractivity contribution is 0.0934. The maximum atomic E-state index is 14.8. The smallest absolute Gasteiger partial charge is 0.259 e. The fraction of sp³-hybridized carbons (Fsp3) is 0.263. The molecule has 158 valence electrons.